The minimum absolute atomic E-state index is 0.0876. The predicted octanol–water partition coefficient (Wildman–Crippen LogP) is 8.85. The molecule has 3 aromatic carbocycles. The van der Waals surface area contributed by atoms with Gasteiger partial charge in [-0.15, -0.1) is 0 Å². The van der Waals surface area contributed by atoms with Gasteiger partial charge in [0.15, 0.2) is 23.4 Å². The lowest BCUT2D eigenvalue weighted by Gasteiger charge is -2.33. The number of benzene rings is 3. The molecule has 4 atom stereocenters. The van der Waals surface area contributed by atoms with Gasteiger partial charge in [-0.3, -0.25) is 9.59 Å². The quantitative estimate of drug-likeness (QED) is 0.165. The minimum atomic E-state index is -0.994. The molecule has 7 heterocycles. The maximum Gasteiger partial charge on any atom is 0.249 e. The number of carbonyl (C=O) groups excluding carboxylic acids is 2. The number of anilines is 1. The molecule has 54 heavy (non-hydrogen) atoms. The number of hydrogen-bond donors (Lipinski definition) is 3. The van der Waals surface area contributed by atoms with Gasteiger partial charge in [-0.05, 0) is 48.4 Å². The van der Waals surface area contributed by atoms with E-state index in [-0.39, 0.29) is 24.0 Å². The molecule has 1 fully saturated rings. The third kappa shape index (κ3) is 4.28. The molecular formula is C44H41N5O5. The summed E-state index contributed by atoms with van der Waals surface area (Å²) in [5.74, 6) is 1.87. The number of ether oxygens (including phenoxy) is 1. The zero-order valence-corrected chi connectivity index (χ0v) is 30.5. The Labute approximate surface area is 312 Å². The van der Waals surface area contributed by atoms with E-state index in [1.54, 1.807) is 6.20 Å². The van der Waals surface area contributed by atoms with Crippen LogP contribution >= 0.6 is 0 Å². The van der Waals surface area contributed by atoms with Gasteiger partial charge in [-0.1, -0.05) is 82.5 Å². The van der Waals surface area contributed by atoms with E-state index in [0.717, 1.165) is 87.8 Å². The van der Waals surface area contributed by atoms with Crippen LogP contribution in [0.2, 0.25) is 0 Å². The number of ketones is 1. The number of H-pyrrole nitrogens is 1. The summed E-state index contributed by atoms with van der Waals surface area (Å²) >= 11 is 0. The maximum absolute atomic E-state index is 14.5. The lowest BCUT2D eigenvalue weighted by Crippen LogP contribution is -2.41. The molecule has 272 valence electrons. The Morgan fingerprint density at radius 3 is 2.65 bits per heavy atom. The van der Waals surface area contributed by atoms with E-state index in [2.05, 4.69) is 65.0 Å². The van der Waals surface area contributed by atoms with E-state index in [1.165, 1.54) is 0 Å². The van der Waals surface area contributed by atoms with Crippen LogP contribution in [0.1, 0.15) is 93.7 Å². The number of rotatable bonds is 4. The molecule has 10 nitrogen and oxygen atoms in total. The van der Waals surface area contributed by atoms with Crippen LogP contribution in [0.3, 0.4) is 0 Å². The van der Waals surface area contributed by atoms with E-state index in [4.69, 9.17) is 23.5 Å². The van der Waals surface area contributed by atoms with Gasteiger partial charge in [-0.25, -0.2) is 9.97 Å². The zero-order valence-electron chi connectivity index (χ0n) is 30.5. The van der Waals surface area contributed by atoms with Gasteiger partial charge >= 0.3 is 0 Å². The highest BCUT2D eigenvalue weighted by Crippen LogP contribution is 2.61. The summed E-state index contributed by atoms with van der Waals surface area (Å²) in [4.78, 5) is 42.1. The smallest absolute Gasteiger partial charge is 0.249 e. The highest BCUT2D eigenvalue weighted by atomic mass is 16.5. The molecule has 1 amide bonds. The van der Waals surface area contributed by atoms with Crippen molar-refractivity contribution in [2.24, 2.45) is 17.3 Å². The molecule has 3 aromatic heterocycles. The number of fused-ring (bicyclic) bond motifs is 7. The van der Waals surface area contributed by atoms with Gasteiger partial charge in [-0.2, -0.15) is 0 Å². The normalized spacial score (nSPS) is 24.2. The van der Waals surface area contributed by atoms with Gasteiger partial charge in [0.25, 0.3) is 0 Å². The summed E-state index contributed by atoms with van der Waals surface area (Å²) in [6.07, 6.45) is 8.68. The minimum Gasteiger partial charge on any atom is -0.469 e. The number of nitrogens with one attached hydrogen (secondary N) is 3. The SMILES string of the molecule is CC(C)[C@@H]1NC(=O)C(CC(=O)C2(C)CCCCC2)Cc2ccc3c(c2)[C@]24c5cccc(c5NC2O3)-c2cccc3[nH]cc(c23)-c2cnc(o2)-c2nc1oc24. The molecule has 3 N–H and O–H groups in total. The monoisotopic (exact) mass is 719 g/mol. The first kappa shape index (κ1) is 31.8. The Bertz CT molecular complexity index is 2550. The second-order valence-corrected chi connectivity index (χ2v) is 16.6. The van der Waals surface area contributed by atoms with Crippen molar-refractivity contribution in [2.75, 3.05) is 5.32 Å². The second kappa shape index (κ2) is 11.2. The van der Waals surface area contributed by atoms with Crippen LogP contribution in [0.4, 0.5) is 5.69 Å². The van der Waals surface area contributed by atoms with Gasteiger partial charge < -0.3 is 29.2 Å². The number of aromatic amines is 1. The van der Waals surface area contributed by atoms with Gasteiger partial charge in [0.1, 0.15) is 23.0 Å². The standard InChI is InChI=1S/C44H41N5O5/c1-22(2)35-41-48-37-38(54-41)44-28-11-7-10-26(25-9-8-12-30-34(25)27(20-45-30)32-21-46-40(37)52-32)36(28)49-42(44)53-31-14-13-23(18-29(31)44)17-24(39(51)47-35)19-33(50)43(3)15-5-4-6-16-43/h7-14,18,20-22,24,35,42,45,49H,4-6,15-17,19H2,1-3H3,(H,47,51)/t24?,35-,42?,44-/m0/s1. The molecule has 5 aliphatic rings. The van der Waals surface area contributed by atoms with Crippen LogP contribution in [-0.2, 0) is 21.4 Å². The Hall–Kier alpha value is -5.64. The molecule has 0 radical (unpaired) electrons. The van der Waals surface area contributed by atoms with E-state index in [9.17, 15) is 9.59 Å². The first-order chi connectivity index (χ1) is 26.2. The molecule has 4 aliphatic heterocycles. The van der Waals surface area contributed by atoms with Crippen molar-refractivity contribution < 1.29 is 23.2 Å². The number of para-hydroxylation sites is 1. The lowest BCUT2D eigenvalue weighted by molar-refractivity contribution is -0.135. The Kier molecular flexibility index (Phi) is 6.60. The summed E-state index contributed by atoms with van der Waals surface area (Å²) in [6, 6.07) is 18.3. The van der Waals surface area contributed by atoms with Crippen molar-refractivity contribution in [3.63, 3.8) is 0 Å². The lowest BCUT2D eigenvalue weighted by atomic mass is 9.70. The molecule has 6 aromatic rings. The van der Waals surface area contributed by atoms with E-state index >= 15 is 0 Å². The largest absolute Gasteiger partial charge is 0.469 e. The van der Waals surface area contributed by atoms with Gasteiger partial charge in [0.2, 0.25) is 17.7 Å². The van der Waals surface area contributed by atoms with Crippen molar-refractivity contribution in [3.8, 4) is 39.8 Å². The molecule has 11 rings (SSSR count). The molecular weight excluding hydrogens is 679 g/mol. The van der Waals surface area contributed by atoms with Crippen molar-refractivity contribution in [2.45, 2.75) is 83.4 Å². The fraction of sp³-hybridized carbons (Fsp3) is 0.364. The Morgan fingerprint density at radius 2 is 1.80 bits per heavy atom. The third-order valence-electron chi connectivity index (χ3n) is 13.0. The number of nitrogens with zero attached hydrogens (tertiary/aromatic N) is 2. The zero-order chi connectivity index (χ0) is 36.5. The molecule has 10 bridgehead atoms. The van der Waals surface area contributed by atoms with Crippen molar-refractivity contribution in [3.05, 3.63) is 95.3 Å². The van der Waals surface area contributed by atoms with Gasteiger partial charge in [0, 0.05) is 62.8 Å². The Balaban J connectivity index is 1.18. The Morgan fingerprint density at radius 1 is 0.963 bits per heavy atom. The molecule has 1 aliphatic carbocycles. The summed E-state index contributed by atoms with van der Waals surface area (Å²) < 4.78 is 20.6. The molecule has 0 saturated heterocycles. The highest BCUT2D eigenvalue weighted by Gasteiger charge is 2.61. The molecule has 10 heteroatoms. The second-order valence-electron chi connectivity index (χ2n) is 16.6. The summed E-state index contributed by atoms with van der Waals surface area (Å²) in [6.45, 7) is 6.18. The number of aromatic nitrogens is 3. The van der Waals surface area contributed by atoms with E-state index in [0.29, 0.717) is 35.4 Å². The summed E-state index contributed by atoms with van der Waals surface area (Å²) in [7, 11) is 0. The topological polar surface area (TPSA) is 135 Å². The van der Waals surface area contributed by atoms with Crippen LogP contribution in [-0.4, -0.2) is 32.9 Å². The van der Waals surface area contributed by atoms with Crippen LogP contribution in [0.25, 0.3) is 44.9 Å². The predicted molar refractivity (Wildman–Crippen MR) is 203 cm³/mol. The molecule has 1 spiro atoms. The van der Waals surface area contributed by atoms with E-state index in [1.807, 2.05) is 32.2 Å². The number of amides is 1. The third-order valence-corrected chi connectivity index (χ3v) is 13.0. The summed E-state index contributed by atoms with van der Waals surface area (Å²) in [5.41, 5.74) is 6.81. The van der Waals surface area contributed by atoms with Crippen LogP contribution < -0.4 is 15.4 Å². The average Bonchev–Trinajstić information content (AvgIpc) is 3.99. The molecule has 2 unspecified atom stereocenters. The first-order valence-corrected chi connectivity index (χ1v) is 19.3. The number of carbonyl (C=O) groups is 2. The molecule has 1 saturated carbocycles. The average molecular weight is 720 g/mol. The van der Waals surface area contributed by atoms with Crippen molar-refractivity contribution in [1.29, 1.82) is 0 Å². The van der Waals surface area contributed by atoms with Crippen molar-refractivity contribution in [1.82, 2.24) is 20.3 Å². The number of oxazole rings is 2. The maximum atomic E-state index is 14.5. The highest BCUT2D eigenvalue weighted by molar-refractivity contribution is 6.07. The number of Topliss-reactive ketones (excluding diaryl/α,β-unsaturated/α-hetero) is 1. The van der Waals surface area contributed by atoms with E-state index < -0.39 is 29.0 Å². The fourth-order valence-corrected chi connectivity index (χ4v) is 10.1. The summed E-state index contributed by atoms with van der Waals surface area (Å²) in [5, 5.41) is 8.17. The first-order valence-electron chi connectivity index (χ1n) is 19.3. The number of hydrogen-bond acceptors (Lipinski definition) is 8. The van der Waals surface area contributed by atoms with Crippen LogP contribution in [0.5, 0.6) is 5.75 Å². The fourth-order valence-electron chi connectivity index (χ4n) is 10.1. The van der Waals surface area contributed by atoms with Gasteiger partial charge in [0.05, 0.1) is 6.20 Å². The van der Waals surface area contributed by atoms with Crippen LogP contribution in [0.15, 0.2) is 75.8 Å². The van der Waals surface area contributed by atoms with Crippen molar-refractivity contribution >= 4 is 28.3 Å². The van der Waals surface area contributed by atoms with Crippen LogP contribution in [0, 0.1) is 17.3 Å².